The fraction of sp³-hybridized carbons (Fsp3) is 0.235. The third-order valence-electron chi connectivity index (χ3n) is 4.42. The van der Waals surface area contributed by atoms with Gasteiger partial charge in [-0.3, -0.25) is 4.79 Å². The van der Waals surface area contributed by atoms with Crippen LogP contribution in [0.5, 0.6) is 0 Å². The topological polar surface area (TPSA) is 118 Å². The van der Waals surface area contributed by atoms with Crippen molar-refractivity contribution in [3.05, 3.63) is 59.9 Å². The molecule has 8 nitrogen and oxygen atoms in total. The molecule has 3 rings (SSSR count). The number of carbonyl (C=O) groups excluding carboxylic acids is 1. The lowest BCUT2D eigenvalue weighted by Crippen LogP contribution is -2.50. The molecule has 0 bridgehead atoms. The maximum absolute atomic E-state index is 13.8. The van der Waals surface area contributed by atoms with Gasteiger partial charge >= 0.3 is 0 Å². The molecule has 0 atom stereocenters. The van der Waals surface area contributed by atoms with Crippen LogP contribution in [0.3, 0.4) is 0 Å². The zero-order valence-electron chi connectivity index (χ0n) is 14.7. The van der Waals surface area contributed by atoms with E-state index in [2.05, 4.69) is 0 Å². The third kappa shape index (κ3) is 4.07. The summed E-state index contributed by atoms with van der Waals surface area (Å²) in [6, 6.07) is 10.2. The summed E-state index contributed by atoms with van der Waals surface area (Å²) >= 11 is 0. The van der Waals surface area contributed by atoms with Crippen molar-refractivity contribution in [3.8, 4) is 0 Å². The Kier molecular flexibility index (Phi) is 5.53. The van der Waals surface area contributed by atoms with Crippen molar-refractivity contribution >= 4 is 26.0 Å². The monoisotopic (exact) mass is 427 g/mol. The Hall–Kier alpha value is -2.34. The van der Waals surface area contributed by atoms with E-state index in [1.807, 2.05) is 0 Å². The Labute approximate surface area is 162 Å². The highest BCUT2D eigenvalue weighted by Gasteiger charge is 2.31. The lowest BCUT2D eigenvalue weighted by Gasteiger charge is -2.34. The Balaban J connectivity index is 1.72. The van der Waals surface area contributed by atoms with Crippen LogP contribution in [0.25, 0.3) is 0 Å². The number of hydrogen-bond donors (Lipinski definition) is 1. The van der Waals surface area contributed by atoms with Gasteiger partial charge in [0.2, 0.25) is 20.0 Å². The van der Waals surface area contributed by atoms with Gasteiger partial charge in [-0.25, -0.2) is 26.4 Å². The van der Waals surface area contributed by atoms with Gasteiger partial charge in [-0.1, -0.05) is 12.1 Å². The summed E-state index contributed by atoms with van der Waals surface area (Å²) in [5, 5.41) is 5.01. The van der Waals surface area contributed by atoms with Crippen molar-refractivity contribution in [2.45, 2.75) is 9.79 Å². The van der Waals surface area contributed by atoms with Gasteiger partial charge in [0.1, 0.15) is 5.82 Å². The van der Waals surface area contributed by atoms with Crippen LogP contribution in [0.1, 0.15) is 10.4 Å². The molecular formula is C17H18FN3O5S2. The molecule has 0 saturated carbocycles. The largest absolute Gasteiger partial charge is 0.336 e. The molecule has 1 aliphatic rings. The van der Waals surface area contributed by atoms with Crippen LogP contribution in [0, 0.1) is 5.82 Å². The first-order valence-corrected chi connectivity index (χ1v) is 11.3. The van der Waals surface area contributed by atoms with Gasteiger partial charge in [-0.2, -0.15) is 4.31 Å². The highest BCUT2D eigenvalue weighted by Crippen LogP contribution is 2.20. The van der Waals surface area contributed by atoms with E-state index < -0.39 is 31.8 Å². The smallest absolute Gasteiger partial charge is 0.256 e. The number of benzene rings is 2. The van der Waals surface area contributed by atoms with Crippen LogP contribution >= 0.6 is 0 Å². The molecule has 2 aromatic carbocycles. The molecule has 0 aromatic heterocycles. The van der Waals surface area contributed by atoms with Crippen molar-refractivity contribution in [1.82, 2.24) is 9.21 Å². The van der Waals surface area contributed by atoms with Crippen molar-refractivity contribution < 1.29 is 26.0 Å². The predicted molar refractivity (Wildman–Crippen MR) is 98.9 cm³/mol. The summed E-state index contributed by atoms with van der Waals surface area (Å²) < 4.78 is 63.0. The van der Waals surface area contributed by atoms with E-state index in [0.717, 1.165) is 12.1 Å². The number of hydrogen-bond acceptors (Lipinski definition) is 5. The minimum Gasteiger partial charge on any atom is -0.336 e. The van der Waals surface area contributed by atoms with E-state index in [9.17, 15) is 26.0 Å². The summed E-state index contributed by atoms with van der Waals surface area (Å²) in [6.45, 7) is 0.308. The summed E-state index contributed by atoms with van der Waals surface area (Å²) in [7, 11) is -7.78. The van der Waals surface area contributed by atoms with E-state index in [1.165, 1.54) is 39.5 Å². The zero-order chi connectivity index (χ0) is 20.5. The number of piperazine rings is 1. The van der Waals surface area contributed by atoms with Gasteiger partial charge in [0, 0.05) is 26.2 Å². The Morgan fingerprint density at radius 2 is 1.39 bits per heavy atom. The standard InChI is InChI=1S/C17H18FN3O5S2/c18-16-4-2-1-3-15(16)17(22)20-9-11-21(12-10-20)28(25,26)14-7-5-13(6-8-14)27(19,23)24/h1-8H,9-12H2,(H2,19,23,24). The molecule has 2 aromatic rings. The van der Waals surface area contributed by atoms with Gasteiger partial charge in [-0.05, 0) is 36.4 Å². The summed E-state index contributed by atoms with van der Waals surface area (Å²) in [5.74, 6) is -1.12. The third-order valence-corrected chi connectivity index (χ3v) is 7.26. The normalized spacial score (nSPS) is 16.1. The minimum absolute atomic E-state index is 0.0411. The summed E-state index contributed by atoms with van der Waals surface area (Å²) in [5.41, 5.74) is -0.0580. The van der Waals surface area contributed by atoms with Gasteiger partial charge < -0.3 is 4.90 Å². The maximum atomic E-state index is 13.8. The molecule has 0 spiro atoms. The van der Waals surface area contributed by atoms with Crippen molar-refractivity contribution in [2.24, 2.45) is 5.14 Å². The van der Waals surface area contributed by atoms with E-state index in [4.69, 9.17) is 5.14 Å². The van der Waals surface area contributed by atoms with Gasteiger partial charge in [-0.15, -0.1) is 0 Å². The van der Waals surface area contributed by atoms with Crippen LogP contribution in [-0.2, 0) is 20.0 Å². The molecule has 2 N–H and O–H groups in total. The Morgan fingerprint density at radius 3 is 1.93 bits per heavy atom. The molecule has 28 heavy (non-hydrogen) atoms. The lowest BCUT2D eigenvalue weighted by atomic mass is 10.1. The molecule has 150 valence electrons. The minimum atomic E-state index is -3.92. The molecule has 0 aliphatic carbocycles. The van der Waals surface area contributed by atoms with Crippen LogP contribution in [0.2, 0.25) is 0 Å². The van der Waals surface area contributed by atoms with E-state index in [0.29, 0.717) is 0 Å². The molecule has 1 heterocycles. The van der Waals surface area contributed by atoms with Gasteiger partial charge in [0.15, 0.2) is 0 Å². The van der Waals surface area contributed by atoms with Gasteiger partial charge in [0.25, 0.3) is 5.91 Å². The highest BCUT2D eigenvalue weighted by molar-refractivity contribution is 7.89. The molecule has 0 unspecified atom stereocenters. The fourth-order valence-electron chi connectivity index (χ4n) is 2.89. The predicted octanol–water partition coefficient (Wildman–Crippen LogP) is 0.620. The van der Waals surface area contributed by atoms with Crippen LogP contribution in [0.15, 0.2) is 58.3 Å². The number of carbonyl (C=O) groups is 1. The van der Waals surface area contributed by atoms with Gasteiger partial charge in [0.05, 0.1) is 15.4 Å². The SMILES string of the molecule is NS(=O)(=O)c1ccc(S(=O)(=O)N2CCN(C(=O)c3ccccc3F)CC2)cc1. The van der Waals surface area contributed by atoms with Crippen LogP contribution in [-0.4, -0.2) is 58.1 Å². The number of amides is 1. The highest BCUT2D eigenvalue weighted by atomic mass is 32.2. The number of sulfonamides is 2. The van der Waals surface area contributed by atoms with E-state index >= 15 is 0 Å². The first kappa shape index (κ1) is 20.4. The number of halogens is 1. The zero-order valence-corrected chi connectivity index (χ0v) is 16.3. The van der Waals surface area contributed by atoms with Crippen LogP contribution in [0.4, 0.5) is 4.39 Å². The maximum Gasteiger partial charge on any atom is 0.256 e. The first-order valence-electron chi connectivity index (χ1n) is 8.27. The summed E-state index contributed by atoms with van der Waals surface area (Å²) in [4.78, 5) is 13.6. The molecule has 11 heteroatoms. The molecule has 0 radical (unpaired) electrons. The van der Waals surface area contributed by atoms with E-state index in [1.54, 1.807) is 6.07 Å². The second-order valence-corrected chi connectivity index (χ2v) is 9.69. The quantitative estimate of drug-likeness (QED) is 0.768. The molecule has 1 amide bonds. The molecular weight excluding hydrogens is 409 g/mol. The first-order chi connectivity index (χ1) is 13.1. The number of nitrogens with zero attached hydrogens (tertiary/aromatic N) is 2. The fourth-order valence-corrected chi connectivity index (χ4v) is 4.82. The van der Waals surface area contributed by atoms with Crippen molar-refractivity contribution in [2.75, 3.05) is 26.2 Å². The molecule has 1 saturated heterocycles. The van der Waals surface area contributed by atoms with Crippen molar-refractivity contribution in [3.63, 3.8) is 0 Å². The van der Waals surface area contributed by atoms with E-state index in [-0.39, 0.29) is 41.5 Å². The Bertz CT molecular complexity index is 1090. The van der Waals surface area contributed by atoms with Crippen molar-refractivity contribution in [1.29, 1.82) is 0 Å². The number of nitrogens with two attached hydrogens (primary N) is 1. The number of rotatable bonds is 4. The molecule has 1 fully saturated rings. The second-order valence-electron chi connectivity index (χ2n) is 6.19. The van der Waals surface area contributed by atoms with Crippen LogP contribution < -0.4 is 5.14 Å². The Morgan fingerprint density at radius 1 is 0.857 bits per heavy atom. The molecule has 1 aliphatic heterocycles. The second kappa shape index (κ2) is 7.59. The number of primary sulfonamides is 1. The average Bonchev–Trinajstić information content (AvgIpc) is 2.67. The summed E-state index contributed by atoms with van der Waals surface area (Å²) in [6.07, 6.45) is 0. The average molecular weight is 427 g/mol. The lowest BCUT2D eigenvalue weighted by molar-refractivity contribution is 0.0693.